The zero-order valence-corrected chi connectivity index (χ0v) is 8.63. The molecule has 1 aliphatic carbocycles. The molecule has 0 aliphatic heterocycles. The summed E-state index contributed by atoms with van der Waals surface area (Å²) < 4.78 is 0. The molecule has 0 unspecified atom stereocenters. The summed E-state index contributed by atoms with van der Waals surface area (Å²) in [5.74, 6) is 1.16. The van der Waals surface area contributed by atoms with Crippen LogP contribution in [0.5, 0.6) is 0 Å². The molecule has 1 aromatic rings. The van der Waals surface area contributed by atoms with Crippen molar-refractivity contribution in [3.63, 3.8) is 0 Å². The second-order valence-electron chi connectivity index (χ2n) is 4.07. The van der Waals surface area contributed by atoms with E-state index in [1.54, 1.807) is 12.3 Å². The number of rotatable bonds is 2. The van der Waals surface area contributed by atoms with Gasteiger partial charge in [-0.05, 0) is 31.7 Å². The average molecular weight is 208 g/mol. The Bertz CT molecular complexity index is 322. The van der Waals surface area contributed by atoms with Crippen LogP contribution >= 0.6 is 0 Å². The molecule has 1 aliphatic rings. The van der Waals surface area contributed by atoms with Crippen molar-refractivity contribution < 1.29 is 10.2 Å². The van der Waals surface area contributed by atoms with Crippen molar-refractivity contribution in [3.05, 3.63) is 23.8 Å². The fraction of sp³-hybridized carbons (Fsp3) is 0.636. The van der Waals surface area contributed by atoms with Crippen LogP contribution < -0.4 is 0 Å². The Kier molecular flexibility index (Phi) is 3.28. The van der Waals surface area contributed by atoms with Gasteiger partial charge >= 0.3 is 0 Å². The summed E-state index contributed by atoms with van der Waals surface area (Å²) >= 11 is 0. The van der Waals surface area contributed by atoms with Crippen molar-refractivity contribution >= 4 is 0 Å². The standard InChI is InChI=1S/C11H16N2O2/c14-7-9-5-6-12-11(13-9)8-1-3-10(15)4-2-8/h5-6,8,10,14-15H,1-4,7H2. The van der Waals surface area contributed by atoms with Gasteiger partial charge < -0.3 is 10.2 Å². The molecule has 0 atom stereocenters. The summed E-state index contributed by atoms with van der Waals surface area (Å²) in [6, 6.07) is 1.72. The number of hydrogen-bond donors (Lipinski definition) is 2. The number of aromatic nitrogens is 2. The first kappa shape index (κ1) is 10.5. The molecule has 0 radical (unpaired) electrons. The molecule has 0 spiro atoms. The molecular formula is C11H16N2O2. The lowest BCUT2D eigenvalue weighted by Gasteiger charge is -2.24. The largest absolute Gasteiger partial charge is 0.393 e. The van der Waals surface area contributed by atoms with Crippen molar-refractivity contribution in [2.24, 2.45) is 0 Å². The van der Waals surface area contributed by atoms with Gasteiger partial charge in [-0.2, -0.15) is 0 Å². The fourth-order valence-electron chi connectivity index (χ4n) is 2.03. The Hall–Kier alpha value is -1.00. The second kappa shape index (κ2) is 4.68. The number of nitrogens with zero attached hydrogens (tertiary/aromatic N) is 2. The van der Waals surface area contributed by atoms with Crippen molar-refractivity contribution in [2.45, 2.75) is 44.3 Å². The van der Waals surface area contributed by atoms with Gasteiger partial charge in [0.05, 0.1) is 18.4 Å². The van der Waals surface area contributed by atoms with E-state index in [0.717, 1.165) is 31.5 Å². The highest BCUT2D eigenvalue weighted by atomic mass is 16.3. The molecule has 1 aromatic heterocycles. The summed E-state index contributed by atoms with van der Waals surface area (Å²) in [7, 11) is 0. The predicted octanol–water partition coefficient (Wildman–Crippen LogP) is 0.987. The molecule has 0 saturated heterocycles. The van der Waals surface area contributed by atoms with Crippen LogP contribution in [0.3, 0.4) is 0 Å². The summed E-state index contributed by atoms with van der Waals surface area (Å²) in [5, 5.41) is 18.4. The maximum atomic E-state index is 9.39. The van der Waals surface area contributed by atoms with Crippen LogP contribution in [0.25, 0.3) is 0 Å². The summed E-state index contributed by atoms with van der Waals surface area (Å²) in [6.07, 6.45) is 5.09. The minimum absolute atomic E-state index is 0.0368. The Morgan fingerprint density at radius 1 is 1.27 bits per heavy atom. The zero-order chi connectivity index (χ0) is 10.7. The molecular weight excluding hydrogens is 192 g/mol. The number of aliphatic hydroxyl groups excluding tert-OH is 2. The maximum absolute atomic E-state index is 9.39. The molecule has 1 fully saturated rings. The van der Waals surface area contributed by atoms with Crippen LogP contribution in [0.2, 0.25) is 0 Å². The van der Waals surface area contributed by atoms with Gasteiger partial charge in [0.1, 0.15) is 5.82 Å². The van der Waals surface area contributed by atoms with E-state index in [0.29, 0.717) is 11.6 Å². The predicted molar refractivity (Wildman–Crippen MR) is 55.2 cm³/mol. The third-order valence-corrected chi connectivity index (χ3v) is 2.96. The van der Waals surface area contributed by atoms with E-state index >= 15 is 0 Å². The highest BCUT2D eigenvalue weighted by Crippen LogP contribution is 2.30. The SMILES string of the molecule is OCc1ccnc(C2CCC(O)CC2)n1. The quantitative estimate of drug-likeness (QED) is 0.760. The van der Waals surface area contributed by atoms with Crippen LogP contribution in [0.4, 0.5) is 0 Å². The van der Waals surface area contributed by atoms with E-state index in [1.807, 2.05) is 0 Å². The fourth-order valence-corrected chi connectivity index (χ4v) is 2.03. The van der Waals surface area contributed by atoms with Crippen molar-refractivity contribution in [1.82, 2.24) is 9.97 Å². The lowest BCUT2D eigenvalue weighted by molar-refractivity contribution is 0.121. The molecule has 2 rings (SSSR count). The third kappa shape index (κ3) is 2.52. The molecule has 2 N–H and O–H groups in total. The van der Waals surface area contributed by atoms with Gasteiger partial charge in [0.25, 0.3) is 0 Å². The number of hydrogen-bond acceptors (Lipinski definition) is 4. The van der Waals surface area contributed by atoms with Crippen molar-refractivity contribution in [1.29, 1.82) is 0 Å². The topological polar surface area (TPSA) is 66.2 Å². The molecule has 4 nitrogen and oxygen atoms in total. The van der Waals surface area contributed by atoms with Gasteiger partial charge in [0, 0.05) is 12.1 Å². The maximum Gasteiger partial charge on any atom is 0.131 e. The Balaban J connectivity index is 2.08. The van der Waals surface area contributed by atoms with Crippen LogP contribution in [-0.4, -0.2) is 26.3 Å². The first-order valence-electron chi connectivity index (χ1n) is 5.40. The normalized spacial score (nSPS) is 26.5. The lowest BCUT2D eigenvalue weighted by atomic mass is 9.87. The highest BCUT2D eigenvalue weighted by molar-refractivity contribution is 5.05. The molecule has 0 aromatic carbocycles. The molecule has 15 heavy (non-hydrogen) atoms. The second-order valence-corrected chi connectivity index (χ2v) is 4.07. The molecule has 4 heteroatoms. The van der Waals surface area contributed by atoms with Crippen LogP contribution in [0.1, 0.15) is 43.1 Å². The Labute approximate surface area is 89.0 Å². The molecule has 0 amide bonds. The number of aliphatic hydroxyl groups is 2. The van der Waals surface area contributed by atoms with E-state index in [-0.39, 0.29) is 12.7 Å². The van der Waals surface area contributed by atoms with Gasteiger partial charge in [0.15, 0.2) is 0 Å². The first-order chi connectivity index (χ1) is 7.29. The summed E-state index contributed by atoms with van der Waals surface area (Å²) in [4.78, 5) is 8.53. The molecule has 1 heterocycles. The smallest absolute Gasteiger partial charge is 0.131 e. The Morgan fingerprint density at radius 2 is 2.00 bits per heavy atom. The van der Waals surface area contributed by atoms with E-state index in [4.69, 9.17) is 5.11 Å². The third-order valence-electron chi connectivity index (χ3n) is 2.96. The van der Waals surface area contributed by atoms with Gasteiger partial charge in [-0.15, -0.1) is 0 Å². The Morgan fingerprint density at radius 3 is 2.67 bits per heavy atom. The van der Waals surface area contributed by atoms with Crippen molar-refractivity contribution in [2.75, 3.05) is 0 Å². The van der Waals surface area contributed by atoms with E-state index in [9.17, 15) is 5.11 Å². The van der Waals surface area contributed by atoms with E-state index in [2.05, 4.69) is 9.97 Å². The van der Waals surface area contributed by atoms with E-state index in [1.165, 1.54) is 0 Å². The van der Waals surface area contributed by atoms with Crippen molar-refractivity contribution in [3.8, 4) is 0 Å². The average Bonchev–Trinajstić information content (AvgIpc) is 2.30. The van der Waals surface area contributed by atoms with Gasteiger partial charge in [0.2, 0.25) is 0 Å². The summed E-state index contributed by atoms with van der Waals surface area (Å²) in [6.45, 7) is -0.0368. The first-order valence-corrected chi connectivity index (χ1v) is 5.40. The van der Waals surface area contributed by atoms with E-state index < -0.39 is 0 Å². The molecule has 0 bridgehead atoms. The summed E-state index contributed by atoms with van der Waals surface area (Å²) in [5.41, 5.74) is 0.672. The zero-order valence-electron chi connectivity index (χ0n) is 8.63. The van der Waals surface area contributed by atoms with Crippen LogP contribution in [0, 0.1) is 0 Å². The monoisotopic (exact) mass is 208 g/mol. The van der Waals surface area contributed by atoms with Gasteiger partial charge in [-0.1, -0.05) is 0 Å². The van der Waals surface area contributed by atoms with Crippen LogP contribution in [0.15, 0.2) is 12.3 Å². The minimum Gasteiger partial charge on any atom is -0.393 e. The van der Waals surface area contributed by atoms with Gasteiger partial charge in [-0.3, -0.25) is 0 Å². The molecule has 82 valence electrons. The lowest BCUT2D eigenvalue weighted by Crippen LogP contribution is -2.18. The van der Waals surface area contributed by atoms with Crippen LogP contribution in [-0.2, 0) is 6.61 Å². The van der Waals surface area contributed by atoms with Gasteiger partial charge in [-0.25, -0.2) is 9.97 Å². The highest BCUT2D eigenvalue weighted by Gasteiger charge is 2.22. The molecule has 1 saturated carbocycles. The minimum atomic E-state index is -0.151.